The highest BCUT2D eigenvalue weighted by molar-refractivity contribution is 5.47. The van der Waals surface area contributed by atoms with Gasteiger partial charge in [-0.1, -0.05) is 27.7 Å². The molecule has 2 N–H and O–H groups in total. The van der Waals surface area contributed by atoms with E-state index in [-0.39, 0.29) is 0 Å². The molecule has 0 aromatic carbocycles. The van der Waals surface area contributed by atoms with Crippen LogP contribution in [0.1, 0.15) is 46.4 Å². The first-order chi connectivity index (χ1) is 10.2. The summed E-state index contributed by atoms with van der Waals surface area (Å²) in [6.45, 7) is 13.8. The number of nitrogens with one attached hydrogen (secondary N) is 2. The molecule has 0 atom stereocenters. The van der Waals surface area contributed by atoms with Gasteiger partial charge in [-0.2, -0.15) is 0 Å². The van der Waals surface area contributed by atoms with Crippen LogP contribution >= 0.6 is 0 Å². The maximum atomic E-state index is 4.55. The lowest BCUT2D eigenvalue weighted by atomic mass is 10.3. The van der Waals surface area contributed by atoms with Crippen molar-refractivity contribution in [3.8, 4) is 0 Å². The van der Waals surface area contributed by atoms with Crippen molar-refractivity contribution in [3.05, 3.63) is 11.9 Å². The third-order valence-corrected chi connectivity index (χ3v) is 3.37. The van der Waals surface area contributed by atoms with Gasteiger partial charge in [0, 0.05) is 32.1 Å². The Bertz CT molecular complexity index is 394. The molecule has 0 fully saturated rings. The van der Waals surface area contributed by atoms with E-state index >= 15 is 0 Å². The average Bonchev–Trinajstić information content (AvgIpc) is 2.51. The third kappa shape index (κ3) is 6.76. The number of hydrogen-bond donors (Lipinski definition) is 2. The van der Waals surface area contributed by atoms with Crippen molar-refractivity contribution in [2.75, 3.05) is 43.4 Å². The lowest BCUT2D eigenvalue weighted by Gasteiger charge is -2.19. The summed E-state index contributed by atoms with van der Waals surface area (Å²) in [5.41, 5.74) is 0. The summed E-state index contributed by atoms with van der Waals surface area (Å²) in [6, 6.07) is 2.00. The van der Waals surface area contributed by atoms with Gasteiger partial charge in [0.2, 0.25) is 0 Å². The molecule has 1 aromatic rings. The molecule has 0 aliphatic heterocycles. The van der Waals surface area contributed by atoms with Gasteiger partial charge in [-0.25, -0.2) is 9.97 Å². The van der Waals surface area contributed by atoms with Crippen LogP contribution in [0.5, 0.6) is 0 Å². The normalized spacial score (nSPS) is 10.9. The van der Waals surface area contributed by atoms with Gasteiger partial charge in [0.15, 0.2) is 0 Å². The van der Waals surface area contributed by atoms with Gasteiger partial charge in [0.1, 0.15) is 17.5 Å². The predicted octanol–water partition coefficient (Wildman–Crippen LogP) is 3.00. The van der Waals surface area contributed by atoms with Gasteiger partial charge in [-0.05, 0) is 25.9 Å². The van der Waals surface area contributed by atoms with Crippen molar-refractivity contribution in [1.82, 2.24) is 14.9 Å². The molecule has 1 aromatic heterocycles. The van der Waals surface area contributed by atoms with Crippen molar-refractivity contribution in [2.45, 2.75) is 47.0 Å². The number of aromatic nitrogens is 2. The number of hydrogen-bond acceptors (Lipinski definition) is 5. The summed E-state index contributed by atoms with van der Waals surface area (Å²) in [5.74, 6) is 2.74. The first-order valence-corrected chi connectivity index (χ1v) is 8.31. The van der Waals surface area contributed by atoms with Crippen molar-refractivity contribution in [1.29, 1.82) is 0 Å². The Kier molecular flexibility index (Phi) is 8.74. The van der Waals surface area contributed by atoms with Crippen LogP contribution in [-0.4, -0.2) is 47.6 Å². The van der Waals surface area contributed by atoms with E-state index in [0.717, 1.165) is 63.0 Å². The molecule has 1 rings (SSSR count). The van der Waals surface area contributed by atoms with E-state index in [9.17, 15) is 0 Å². The number of likely N-dealkylation sites (N-methyl/N-ethyl adjacent to an activating group) is 1. The van der Waals surface area contributed by atoms with Gasteiger partial charge >= 0.3 is 0 Å². The Balaban J connectivity index is 2.56. The van der Waals surface area contributed by atoms with Crippen LogP contribution < -0.4 is 10.6 Å². The molecule has 0 spiro atoms. The van der Waals surface area contributed by atoms with Gasteiger partial charge < -0.3 is 15.5 Å². The van der Waals surface area contributed by atoms with E-state index in [1.54, 1.807) is 0 Å². The number of nitrogens with zero attached hydrogens (tertiary/aromatic N) is 3. The molecule has 1 heterocycles. The monoisotopic (exact) mass is 293 g/mol. The summed E-state index contributed by atoms with van der Waals surface area (Å²) in [4.78, 5) is 11.5. The second kappa shape index (κ2) is 10.4. The molecule has 0 saturated heterocycles. The zero-order chi connectivity index (χ0) is 15.5. The van der Waals surface area contributed by atoms with Crippen LogP contribution in [0.15, 0.2) is 6.07 Å². The molecule has 0 bridgehead atoms. The largest absolute Gasteiger partial charge is 0.370 e. The average molecular weight is 293 g/mol. The highest BCUT2D eigenvalue weighted by Gasteiger charge is 2.04. The first-order valence-electron chi connectivity index (χ1n) is 8.31. The van der Waals surface area contributed by atoms with Gasteiger partial charge in [0.05, 0.1) is 0 Å². The Labute approximate surface area is 129 Å². The molecule has 5 heteroatoms. The molecule has 0 aliphatic carbocycles. The quantitative estimate of drug-likeness (QED) is 0.657. The van der Waals surface area contributed by atoms with Gasteiger partial charge in [-0.3, -0.25) is 0 Å². The molecule has 21 heavy (non-hydrogen) atoms. The number of aryl methyl sites for hydroxylation is 1. The van der Waals surface area contributed by atoms with Gasteiger partial charge in [0.25, 0.3) is 0 Å². The molecule has 0 aliphatic rings. The minimum absolute atomic E-state index is 0.854. The lowest BCUT2D eigenvalue weighted by Crippen LogP contribution is -2.29. The Morgan fingerprint density at radius 2 is 1.57 bits per heavy atom. The SMILES string of the molecule is CCCNc1cc(NCCN(CC)CCC)nc(CC)n1. The van der Waals surface area contributed by atoms with Crippen molar-refractivity contribution < 1.29 is 0 Å². The fourth-order valence-corrected chi connectivity index (χ4v) is 2.18. The van der Waals surface area contributed by atoms with Crippen LogP contribution in [0, 0.1) is 0 Å². The maximum Gasteiger partial charge on any atom is 0.132 e. The van der Waals surface area contributed by atoms with Crippen molar-refractivity contribution in [3.63, 3.8) is 0 Å². The smallest absolute Gasteiger partial charge is 0.132 e. The summed E-state index contributed by atoms with van der Waals surface area (Å²) in [7, 11) is 0. The summed E-state index contributed by atoms with van der Waals surface area (Å²) < 4.78 is 0. The summed E-state index contributed by atoms with van der Waals surface area (Å²) in [6.07, 6.45) is 3.15. The summed E-state index contributed by atoms with van der Waals surface area (Å²) >= 11 is 0. The maximum absolute atomic E-state index is 4.55. The van der Waals surface area contributed by atoms with E-state index < -0.39 is 0 Å². The standard InChI is InChI=1S/C16H31N5/c1-5-9-17-15-13-16(20-14(7-3)19-15)18-10-12-21(8-4)11-6-2/h13H,5-12H2,1-4H3,(H2,17,18,19,20). The second-order valence-corrected chi connectivity index (χ2v) is 5.20. The molecule has 5 nitrogen and oxygen atoms in total. The molecular formula is C16H31N5. The molecule has 0 radical (unpaired) electrons. The highest BCUT2D eigenvalue weighted by atomic mass is 15.1. The first kappa shape index (κ1) is 17.7. The van der Waals surface area contributed by atoms with E-state index in [2.05, 4.69) is 53.2 Å². The molecular weight excluding hydrogens is 262 g/mol. The van der Waals surface area contributed by atoms with E-state index in [4.69, 9.17) is 0 Å². The molecule has 0 saturated carbocycles. The zero-order valence-corrected chi connectivity index (χ0v) is 14.1. The zero-order valence-electron chi connectivity index (χ0n) is 14.1. The Hall–Kier alpha value is -1.36. The third-order valence-electron chi connectivity index (χ3n) is 3.37. The number of anilines is 2. The van der Waals surface area contributed by atoms with Crippen LogP contribution in [0.4, 0.5) is 11.6 Å². The van der Waals surface area contributed by atoms with E-state index in [0.29, 0.717) is 0 Å². The summed E-state index contributed by atoms with van der Waals surface area (Å²) in [5, 5.41) is 6.77. The van der Waals surface area contributed by atoms with Crippen LogP contribution in [0.3, 0.4) is 0 Å². The van der Waals surface area contributed by atoms with Gasteiger partial charge in [-0.15, -0.1) is 0 Å². The topological polar surface area (TPSA) is 53.1 Å². The Morgan fingerprint density at radius 1 is 0.905 bits per heavy atom. The van der Waals surface area contributed by atoms with Crippen molar-refractivity contribution >= 4 is 11.6 Å². The highest BCUT2D eigenvalue weighted by Crippen LogP contribution is 2.11. The van der Waals surface area contributed by atoms with E-state index in [1.807, 2.05) is 6.07 Å². The van der Waals surface area contributed by atoms with Crippen LogP contribution in [-0.2, 0) is 6.42 Å². The fraction of sp³-hybridized carbons (Fsp3) is 0.750. The second-order valence-electron chi connectivity index (χ2n) is 5.20. The minimum atomic E-state index is 0.854. The molecule has 120 valence electrons. The van der Waals surface area contributed by atoms with E-state index in [1.165, 1.54) is 6.42 Å². The fourth-order valence-electron chi connectivity index (χ4n) is 2.18. The van der Waals surface area contributed by atoms with Crippen LogP contribution in [0.2, 0.25) is 0 Å². The predicted molar refractivity (Wildman–Crippen MR) is 91.1 cm³/mol. The number of rotatable bonds is 11. The lowest BCUT2D eigenvalue weighted by molar-refractivity contribution is 0.300. The minimum Gasteiger partial charge on any atom is -0.370 e. The van der Waals surface area contributed by atoms with Crippen LogP contribution in [0.25, 0.3) is 0 Å². The molecule has 0 unspecified atom stereocenters. The Morgan fingerprint density at radius 3 is 2.10 bits per heavy atom. The van der Waals surface area contributed by atoms with Crippen molar-refractivity contribution in [2.24, 2.45) is 0 Å². The molecule has 0 amide bonds.